The first-order chi connectivity index (χ1) is 11.2. The highest BCUT2D eigenvalue weighted by Crippen LogP contribution is 2.19. The zero-order chi connectivity index (χ0) is 16.2. The lowest BCUT2D eigenvalue weighted by atomic mass is 10.1. The van der Waals surface area contributed by atoms with Crippen molar-refractivity contribution in [2.45, 2.75) is 0 Å². The van der Waals surface area contributed by atoms with Gasteiger partial charge in [0.2, 0.25) is 5.95 Å². The zero-order valence-corrected chi connectivity index (χ0v) is 13.8. The van der Waals surface area contributed by atoms with Gasteiger partial charge in [-0.2, -0.15) is 0 Å². The number of rotatable bonds is 4. The number of halogens is 1. The first kappa shape index (κ1) is 15.2. The van der Waals surface area contributed by atoms with Gasteiger partial charge < -0.3 is 10.1 Å². The molecule has 0 bridgehead atoms. The van der Waals surface area contributed by atoms with Crippen molar-refractivity contribution in [3.05, 3.63) is 63.4 Å². The molecule has 1 aromatic heterocycles. The van der Waals surface area contributed by atoms with Gasteiger partial charge in [-0.05, 0) is 42.5 Å². The first-order valence-electron chi connectivity index (χ1n) is 6.80. The van der Waals surface area contributed by atoms with Gasteiger partial charge in [0.25, 0.3) is 5.56 Å². The van der Waals surface area contributed by atoms with Crippen LogP contribution in [-0.4, -0.2) is 22.3 Å². The highest BCUT2D eigenvalue weighted by atomic mass is 79.9. The lowest BCUT2D eigenvalue weighted by Crippen LogP contribution is -2.15. The van der Waals surface area contributed by atoms with E-state index in [-0.39, 0.29) is 17.2 Å². The average Bonchev–Trinajstić information content (AvgIpc) is 2.55. The number of nitrogens with zero attached hydrogens (tertiary/aromatic N) is 2. The summed E-state index contributed by atoms with van der Waals surface area (Å²) in [5.74, 6) is 0.997. The van der Waals surface area contributed by atoms with Crippen molar-refractivity contribution in [2.75, 3.05) is 12.4 Å². The third-order valence-corrected chi connectivity index (χ3v) is 3.64. The summed E-state index contributed by atoms with van der Waals surface area (Å²) in [5.41, 5.74) is 1.41. The molecule has 0 aliphatic carbocycles. The largest absolute Gasteiger partial charge is 0.497 e. The Bertz CT molecular complexity index is 878. The molecular formula is C16H13BrN4O2. The number of methoxy groups -OCH3 is 1. The molecule has 0 spiro atoms. The molecule has 0 radical (unpaired) electrons. The fraction of sp³-hybridized carbons (Fsp3) is 0.0625. The summed E-state index contributed by atoms with van der Waals surface area (Å²) in [5, 5.41) is 11.0. The molecule has 7 heteroatoms. The van der Waals surface area contributed by atoms with Gasteiger partial charge in [0.1, 0.15) is 5.75 Å². The highest BCUT2D eigenvalue weighted by Gasteiger charge is 2.08. The Labute approximate surface area is 140 Å². The van der Waals surface area contributed by atoms with E-state index in [4.69, 9.17) is 4.74 Å². The predicted molar refractivity (Wildman–Crippen MR) is 92.1 cm³/mol. The average molecular weight is 373 g/mol. The van der Waals surface area contributed by atoms with Crippen LogP contribution in [0.25, 0.3) is 11.3 Å². The Hall–Kier alpha value is -2.67. The van der Waals surface area contributed by atoms with Crippen LogP contribution in [0.3, 0.4) is 0 Å². The number of ether oxygens (including phenoxy) is 1. The molecule has 0 aliphatic heterocycles. The lowest BCUT2D eigenvalue weighted by Gasteiger charge is -2.06. The van der Waals surface area contributed by atoms with Crippen molar-refractivity contribution in [3.8, 4) is 17.0 Å². The monoisotopic (exact) mass is 372 g/mol. The molecule has 3 aromatic rings. The minimum absolute atomic E-state index is 0.257. The summed E-state index contributed by atoms with van der Waals surface area (Å²) >= 11 is 3.39. The summed E-state index contributed by atoms with van der Waals surface area (Å²) in [6.07, 6.45) is 0. The van der Waals surface area contributed by atoms with Gasteiger partial charge in [-0.25, -0.2) is 0 Å². The molecule has 0 unspecified atom stereocenters. The van der Waals surface area contributed by atoms with Gasteiger partial charge in [-0.15, -0.1) is 10.2 Å². The van der Waals surface area contributed by atoms with Gasteiger partial charge >= 0.3 is 0 Å². The van der Waals surface area contributed by atoms with Crippen LogP contribution in [0.5, 0.6) is 5.75 Å². The van der Waals surface area contributed by atoms with Gasteiger partial charge in [0, 0.05) is 15.7 Å². The van der Waals surface area contributed by atoms with E-state index in [1.54, 1.807) is 31.4 Å². The number of benzene rings is 2. The Kier molecular flexibility index (Phi) is 4.38. The van der Waals surface area contributed by atoms with Crippen molar-refractivity contribution in [1.29, 1.82) is 0 Å². The third-order valence-electron chi connectivity index (χ3n) is 3.15. The predicted octanol–water partition coefficient (Wildman–Crippen LogP) is 3.35. The summed E-state index contributed by atoms with van der Waals surface area (Å²) < 4.78 is 6.02. The van der Waals surface area contributed by atoms with E-state index in [9.17, 15) is 4.79 Å². The van der Waals surface area contributed by atoms with E-state index >= 15 is 0 Å². The van der Waals surface area contributed by atoms with E-state index in [0.29, 0.717) is 11.3 Å². The van der Waals surface area contributed by atoms with Crippen molar-refractivity contribution in [3.63, 3.8) is 0 Å². The molecule has 0 aliphatic rings. The Balaban J connectivity index is 1.86. The fourth-order valence-electron chi connectivity index (χ4n) is 2.03. The molecule has 1 heterocycles. The molecular weight excluding hydrogens is 360 g/mol. The maximum atomic E-state index is 12.2. The molecule has 0 fully saturated rings. The van der Waals surface area contributed by atoms with Crippen LogP contribution in [0.1, 0.15) is 0 Å². The summed E-state index contributed by atoms with van der Waals surface area (Å²) in [6, 6.07) is 14.6. The standard InChI is InChI=1S/C16H13BrN4O2/c1-23-13-7-5-10(6-8-13)14-15(22)19-16(21-20-14)18-12-4-2-3-11(17)9-12/h2-9H,1H3,(H2,18,19,21,22). The molecule has 0 saturated carbocycles. The van der Waals surface area contributed by atoms with Crippen LogP contribution < -0.4 is 15.6 Å². The Morgan fingerprint density at radius 3 is 2.57 bits per heavy atom. The second-order valence-corrected chi connectivity index (χ2v) is 5.63. The van der Waals surface area contributed by atoms with Crippen LogP contribution in [0.15, 0.2) is 57.8 Å². The van der Waals surface area contributed by atoms with Crippen molar-refractivity contribution in [1.82, 2.24) is 15.2 Å². The lowest BCUT2D eigenvalue weighted by molar-refractivity contribution is 0.415. The van der Waals surface area contributed by atoms with Crippen molar-refractivity contribution < 1.29 is 4.74 Å². The summed E-state index contributed by atoms with van der Waals surface area (Å²) in [7, 11) is 1.59. The molecule has 3 rings (SSSR count). The van der Waals surface area contributed by atoms with Crippen LogP contribution >= 0.6 is 15.9 Å². The fourth-order valence-corrected chi connectivity index (χ4v) is 2.43. The molecule has 0 amide bonds. The maximum Gasteiger partial charge on any atom is 0.279 e. The Morgan fingerprint density at radius 2 is 1.91 bits per heavy atom. The van der Waals surface area contributed by atoms with E-state index in [2.05, 4.69) is 36.4 Å². The van der Waals surface area contributed by atoms with Crippen LogP contribution in [0, 0.1) is 0 Å². The van der Waals surface area contributed by atoms with Crippen molar-refractivity contribution >= 4 is 27.6 Å². The summed E-state index contributed by atoms with van der Waals surface area (Å²) in [6.45, 7) is 0. The normalized spacial score (nSPS) is 10.3. The number of nitrogens with one attached hydrogen (secondary N) is 2. The van der Waals surface area contributed by atoms with E-state index in [1.165, 1.54) is 0 Å². The number of aromatic nitrogens is 3. The van der Waals surface area contributed by atoms with E-state index < -0.39 is 0 Å². The van der Waals surface area contributed by atoms with Gasteiger partial charge in [0.05, 0.1) is 7.11 Å². The minimum Gasteiger partial charge on any atom is -0.497 e. The molecule has 2 N–H and O–H groups in total. The number of aromatic amines is 1. The van der Waals surface area contributed by atoms with E-state index in [1.807, 2.05) is 24.3 Å². The number of H-pyrrole nitrogens is 1. The third kappa shape index (κ3) is 3.57. The Morgan fingerprint density at radius 1 is 1.13 bits per heavy atom. The second-order valence-electron chi connectivity index (χ2n) is 4.72. The molecule has 6 nitrogen and oxygen atoms in total. The topological polar surface area (TPSA) is 79.9 Å². The highest BCUT2D eigenvalue weighted by molar-refractivity contribution is 9.10. The van der Waals surface area contributed by atoms with E-state index in [0.717, 1.165) is 10.2 Å². The second kappa shape index (κ2) is 6.62. The SMILES string of the molecule is COc1ccc(-c2nnc(Nc3cccc(Br)c3)[nH]c2=O)cc1. The number of anilines is 2. The van der Waals surface area contributed by atoms with Crippen LogP contribution in [0.4, 0.5) is 11.6 Å². The first-order valence-corrected chi connectivity index (χ1v) is 7.59. The number of hydrogen-bond acceptors (Lipinski definition) is 5. The molecule has 0 saturated heterocycles. The minimum atomic E-state index is -0.317. The van der Waals surface area contributed by atoms with Crippen LogP contribution in [-0.2, 0) is 0 Å². The smallest absolute Gasteiger partial charge is 0.279 e. The summed E-state index contributed by atoms with van der Waals surface area (Å²) in [4.78, 5) is 14.9. The zero-order valence-electron chi connectivity index (χ0n) is 12.2. The molecule has 0 atom stereocenters. The van der Waals surface area contributed by atoms with Gasteiger partial charge in [-0.1, -0.05) is 22.0 Å². The quantitative estimate of drug-likeness (QED) is 0.733. The van der Waals surface area contributed by atoms with Crippen molar-refractivity contribution in [2.24, 2.45) is 0 Å². The van der Waals surface area contributed by atoms with Gasteiger partial charge in [0.15, 0.2) is 5.69 Å². The molecule has 116 valence electrons. The molecule has 2 aromatic carbocycles. The number of hydrogen-bond donors (Lipinski definition) is 2. The molecule has 23 heavy (non-hydrogen) atoms. The van der Waals surface area contributed by atoms with Gasteiger partial charge in [-0.3, -0.25) is 9.78 Å². The maximum absolute atomic E-state index is 12.2. The van der Waals surface area contributed by atoms with Crippen LogP contribution in [0.2, 0.25) is 0 Å².